The number of hydrogen-bond donors (Lipinski definition) is 4. The molecule has 2 fully saturated rings. The fraction of sp³-hybridized carbons (Fsp3) is 0.778. The van der Waals surface area contributed by atoms with E-state index in [-0.39, 0.29) is 43.3 Å². The number of carbonyl (C=O) groups excluding carboxylic acids is 2. The van der Waals surface area contributed by atoms with Crippen LogP contribution in [0.15, 0.2) is 36.0 Å². The average molecular weight is 665 g/mol. The quantitative estimate of drug-likeness (QED) is 0.118. The van der Waals surface area contributed by atoms with Crippen LogP contribution < -0.4 is 0 Å². The van der Waals surface area contributed by atoms with Gasteiger partial charge in [0.25, 0.3) is 0 Å². The van der Waals surface area contributed by atoms with Crippen LogP contribution >= 0.6 is 0 Å². The van der Waals surface area contributed by atoms with Crippen LogP contribution in [-0.2, 0) is 19.0 Å². The van der Waals surface area contributed by atoms with Crippen molar-refractivity contribution in [1.29, 1.82) is 0 Å². The molecule has 3 heterocycles. The molecule has 3 aliphatic heterocycles. The van der Waals surface area contributed by atoms with Gasteiger partial charge in [-0.1, -0.05) is 45.1 Å². The lowest BCUT2D eigenvalue weighted by Crippen LogP contribution is -2.52. The zero-order valence-electron chi connectivity index (χ0n) is 29.7. The van der Waals surface area contributed by atoms with E-state index in [4.69, 9.17) is 14.2 Å². The van der Waals surface area contributed by atoms with Crippen LogP contribution in [0, 0.1) is 11.8 Å². The molecule has 0 radical (unpaired) electrons. The van der Waals surface area contributed by atoms with Crippen LogP contribution in [0.2, 0.25) is 0 Å². The number of aliphatic hydroxyl groups is 4. The third-order valence-corrected chi connectivity index (χ3v) is 9.90. The number of esters is 1. The summed E-state index contributed by atoms with van der Waals surface area (Å²) >= 11 is 0. The Kier molecular flexibility index (Phi) is 14.1. The first-order valence-corrected chi connectivity index (χ1v) is 17.3. The van der Waals surface area contributed by atoms with Crippen LogP contribution in [0.4, 0.5) is 4.79 Å². The van der Waals surface area contributed by atoms with E-state index in [0.29, 0.717) is 37.5 Å². The summed E-state index contributed by atoms with van der Waals surface area (Å²) in [6, 6.07) is 0.388. The van der Waals surface area contributed by atoms with Crippen LogP contribution in [0.1, 0.15) is 87.5 Å². The minimum atomic E-state index is -1.49. The molecule has 1 amide bonds. The molecule has 3 aliphatic rings. The molecule has 0 aliphatic carbocycles. The van der Waals surface area contributed by atoms with Crippen molar-refractivity contribution >= 4 is 12.1 Å². The molecule has 10 unspecified atom stereocenters. The van der Waals surface area contributed by atoms with Crippen molar-refractivity contribution in [1.82, 2.24) is 9.80 Å². The first-order chi connectivity index (χ1) is 21.9. The van der Waals surface area contributed by atoms with Gasteiger partial charge in [-0.2, -0.15) is 0 Å². The van der Waals surface area contributed by atoms with Crippen molar-refractivity contribution in [2.24, 2.45) is 11.8 Å². The Bertz CT molecular complexity index is 1130. The predicted octanol–water partition coefficient (Wildman–Crippen LogP) is 3.74. The first kappa shape index (κ1) is 39.2. The highest BCUT2D eigenvalue weighted by Crippen LogP contribution is 2.37. The molecule has 47 heavy (non-hydrogen) atoms. The highest BCUT2D eigenvalue weighted by atomic mass is 16.6. The maximum Gasteiger partial charge on any atom is 0.410 e. The topological polar surface area (TPSA) is 153 Å². The Morgan fingerprint density at radius 3 is 2.49 bits per heavy atom. The van der Waals surface area contributed by atoms with E-state index in [2.05, 4.69) is 18.7 Å². The van der Waals surface area contributed by atoms with E-state index in [1.165, 1.54) is 0 Å². The van der Waals surface area contributed by atoms with E-state index in [0.717, 1.165) is 13.1 Å². The number of nitrogens with zero attached hydrogens (tertiary/aromatic N) is 2. The Labute approximate surface area is 281 Å². The van der Waals surface area contributed by atoms with Crippen molar-refractivity contribution in [3.8, 4) is 0 Å². The lowest BCUT2D eigenvalue weighted by molar-refractivity contribution is -0.151. The Morgan fingerprint density at radius 2 is 1.87 bits per heavy atom. The van der Waals surface area contributed by atoms with Crippen molar-refractivity contribution < 1.29 is 44.2 Å². The van der Waals surface area contributed by atoms with E-state index in [1.807, 2.05) is 27.7 Å². The highest BCUT2D eigenvalue weighted by Gasteiger charge is 2.47. The summed E-state index contributed by atoms with van der Waals surface area (Å²) in [6.45, 7) is 17.6. The summed E-state index contributed by atoms with van der Waals surface area (Å²) in [6.07, 6.45) is 5.72. The number of hydrogen-bond acceptors (Lipinski definition) is 10. The van der Waals surface area contributed by atoms with Crippen LogP contribution in [0.5, 0.6) is 0 Å². The highest BCUT2D eigenvalue weighted by molar-refractivity contribution is 5.70. The SMILES string of the molecule is CCC(O)C(C)C1OC1CC(C)(O)C=CC=C(C)C1OC(=O)CC(O)CCC(C)(O)C(OC(=O)N2CCN(C(C)C)CC2)C=CC1C. The summed E-state index contributed by atoms with van der Waals surface area (Å²) in [7, 11) is 0. The van der Waals surface area contributed by atoms with Crippen LogP contribution in [0.25, 0.3) is 0 Å². The largest absolute Gasteiger partial charge is 0.457 e. The number of piperazine rings is 1. The number of cyclic esters (lactones) is 1. The second-order valence-corrected chi connectivity index (χ2v) is 14.6. The van der Waals surface area contributed by atoms with Gasteiger partial charge in [0.05, 0.1) is 36.4 Å². The zero-order valence-corrected chi connectivity index (χ0v) is 29.7. The molecule has 2 saturated heterocycles. The molecule has 4 N–H and O–H groups in total. The molecule has 10 atom stereocenters. The van der Waals surface area contributed by atoms with Crippen LogP contribution in [0.3, 0.4) is 0 Å². The van der Waals surface area contributed by atoms with Crippen molar-refractivity contribution in [3.05, 3.63) is 36.0 Å². The van der Waals surface area contributed by atoms with E-state index >= 15 is 0 Å². The summed E-state index contributed by atoms with van der Waals surface area (Å²) < 4.78 is 17.5. The van der Waals surface area contributed by atoms with E-state index < -0.39 is 47.7 Å². The average Bonchev–Trinajstić information content (AvgIpc) is 3.77. The molecule has 0 spiro atoms. The lowest BCUT2D eigenvalue weighted by Gasteiger charge is -2.38. The van der Waals surface area contributed by atoms with E-state index in [9.17, 15) is 30.0 Å². The molecule has 11 heteroatoms. The van der Waals surface area contributed by atoms with Crippen LogP contribution in [-0.4, -0.2) is 122 Å². The fourth-order valence-electron chi connectivity index (χ4n) is 6.41. The molecule has 268 valence electrons. The number of ether oxygens (including phenoxy) is 3. The smallest absolute Gasteiger partial charge is 0.410 e. The molecule has 0 aromatic carbocycles. The van der Waals surface area contributed by atoms with Gasteiger partial charge in [0.2, 0.25) is 0 Å². The standard InChI is InChI=1S/C36H60N2O9/c1-9-28(40)26(6)33-29(45-33)22-35(7,43)15-10-11-24(4)32-25(5)12-13-30(36(8,44)16-14-27(39)21-31(41)47-32)46-34(42)38-19-17-37(18-20-38)23(2)3/h10-13,15,23,25-30,32-33,39-40,43-44H,9,14,16-22H2,1-8H3. The second-order valence-electron chi connectivity index (χ2n) is 14.6. The van der Waals surface area contributed by atoms with Gasteiger partial charge in [-0.3, -0.25) is 9.69 Å². The molecule has 0 aromatic rings. The second kappa shape index (κ2) is 16.9. The number of carbonyl (C=O) groups is 2. The van der Waals surface area contributed by atoms with Gasteiger partial charge in [0.15, 0.2) is 6.10 Å². The molecule has 0 bridgehead atoms. The normalized spacial score (nSPS) is 34.3. The van der Waals surface area contributed by atoms with Gasteiger partial charge in [0.1, 0.15) is 11.7 Å². The van der Waals surface area contributed by atoms with Gasteiger partial charge >= 0.3 is 12.1 Å². The van der Waals surface area contributed by atoms with Crippen molar-refractivity contribution in [2.45, 2.75) is 141 Å². The Morgan fingerprint density at radius 1 is 1.21 bits per heavy atom. The third-order valence-electron chi connectivity index (χ3n) is 9.90. The first-order valence-electron chi connectivity index (χ1n) is 17.3. The lowest BCUT2D eigenvalue weighted by atomic mass is 9.88. The van der Waals surface area contributed by atoms with Gasteiger partial charge in [-0.05, 0) is 65.5 Å². The molecule has 0 aromatic heterocycles. The Balaban J connectivity index is 1.74. The zero-order chi connectivity index (χ0) is 35.1. The van der Waals surface area contributed by atoms with E-state index in [1.54, 1.807) is 49.1 Å². The van der Waals surface area contributed by atoms with Gasteiger partial charge in [-0.25, -0.2) is 4.79 Å². The molecule has 3 rings (SSSR count). The van der Waals surface area contributed by atoms with Crippen molar-refractivity contribution in [3.63, 3.8) is 0 Å². The van der Waals surface area contributed by atoms with Gasteiger partial charge < -0.3 is 39.5 Å². The predicted molar refractivity (Wildman–Crippen MR) is 179 cm³/mol. The maximum atomic E-state index is 13.2. The maximum absolute atomic E-state index is 13.2. The molecular formula is C36H60N2O9. The summed E-state index contributed by atoms with van der Waals surface area (Å²) in [5.74, 6) is -0.946. The Hall–Kier alpha value is -2.28. The van der Waals surface area contributed by atoms with Crippen molar-refractivity contribution in [2.75, 3.05) is 26.2 Å². The summed E-state index contributed by atoms with van der Waals surface area (Å²) in [5.41, 5.74) is -1.94. The third kappa shape index (κ3) is 11.7. The molecule has 0 saturated carbocycles. The van der Waals surface area contributed by atoms with Gasteiger partial charge in [-0.15, -0.1) is 0 Å². The monoisotopic (exact) mass is 664 g/mol. The number of amides is 1. The molecule has 11 nitrogen and oxygen atoms in total. The number of epoxide rings is 1. The molecular weight excluding hydrogens is 604 g/mol. The number of aliphatic hydroxyl groups excluding tert-OH is 2. The summed E-state index contributed by atoms with van der Waals surface area (Å²) in [4.78, 5) is 30.0. The van der Waals surface area contributed by atoms with Gasteiger partial charge in [0, 0.05) is 50.5 Å². The number of rotatable bonds is 10. The minimum Gasteiger partial charge on any atom is -0.457 e. The number of allylic oxidation sites excluding steroid dienone is 2. The fourth-order valence-corrected chi connectivity index (χ4v) is 6.41. The summed E-state index contributed by atoms with van der Waals surface area (Å²) in [5, 5.41) is 43.2. The minimum absolute atomic E-state index is 0.0111.